The largest absolute Gasteiger partial charge is 0.382 e. The maximum absolute atomic E-state index is 12.2. The number of hydrogen-bond donors (Lipinski definition) is 2. The molecule has 0 saturated carbocycles. The van der Waals surface area contributed by atoms with Crippen molar-refractivity contribution in [2.75, 3.05) is 5.32 Å². The van der Waals surface area contributed by atoms with E-state index in [-0.39, 0.29) is 23.8 Å². The van der Waals surface area contributed by atoms with Crippen molar-refractivity contribution in [2.24, 2.45) is 0 Å². The predicted octanol–water partition coefficient (Wildman–Crippen LogP) is 3.59. The summed E-state index contributed by atoms with van der Waals surface area (Å²) in [6, 6.07) is 5.45. The zero-order valence-corrected chi connectivity index (χ0v) is 12.5. The second kappa shape index (κ2) is 5.67. The van der Waals surface area contributed by atoms with E-state index < -0.39 is 5.56 Å². The van der Waals surface area contributed by atoms with Crippen LogP contribution in [0.25, 0.3) is 10.9 Å². The van der Waals surface area contributed by atoms with Gasteiger partial charge in [0.1, 0.15) is 5.56 Å². The van der Waals surface area contributed by atoms with Gasteiger partial charge in [0.25, 0.3) is 5.56 Å². The van der Waals surface area contributed by atoms with Gasteiger partial charge in [0.2, 0.25) is 0 Å². The lowest BCUT2D eigenvalue weighted by molar-refractivity contribution is 0.0987. The lowest BCUT2D eigenvalue weighted by Crippen LogP contribution is -2.23. The lowest BCUT2D eigenvalue weighted by Gasteiger charge is -2.16. The van der Waals surface area contributed by atoms with E-state index >= 15 is 0 Å². The summed E-state index contributed by atoms with van der Waals surface area (Å²) in [7, 11) is 0. The first kappa shape index (κ1) is 14.6. The van der Waals surface area contributed by atoms with Crippen molar-refractivity contribution >= 4 is 34.0 Å². The Morgan fingerprint density at radius 3 is 2.70 bits per heavy atom. The molecule has 0 aliphatic heterocycles. The number of benzene rings is 1. The summed E-state index contributed by atoms with van der Waals surface area (Å²) in [5.41, 5.74) is 0.889. The second-order valence-corrected chi connectivity index (χ2v) is 5.35. The highest BCUT2D eigenvalue weighted by Crippen LogP contribution is 2.29. The SMILES string of the molecule is CCC(=O)c1c(NC(C)C)c2cccc(Cl)c2[nH]c1=O. The molecule has 1 aromatic carbocycles. The average molecular weight is 293 g/mol. The molecule has 0 spiro atoms. The second-order valence-electron chi connectivity index (χ2n) is 4.94. The molecule has 4 nitrogen and oxygen atoms in total. The number of para-hydroxylation sites is 1. The molecule has 0 fully saturated rings. The fraction of sp³-hybridized carbons (Fsp3) is 0.333. The number of carbonyl (C=O) groups excluding carboxylic acids is 1. The molecule has 2 N–H and O–H groups in total. The molecule has 0 atom stereocenters. The first-order valence-electron chi connectivity index (χ1n) is 6.60. The summed E-state index contributed by atoms with van der Waals surface area (Å²) in [4.78, 5) is 27.0. The zero-order valence-electron chi connectivity index (χ0n) is 11.7. The van der Waals surface area contributed by atoms with Crippen LogP contribution in [-0.2, 0) is 0 Å². The lowest BCUT2D eigenvalue weighted by atomic mass is 10.0. The van der Waals surface area contributed by atoms with Crippen molar-refractivity contribution in [3.63, 3.8) is 0 Å². The number of rotatable bonds is 4. The summed E-state index contributed by atoms with van der Waals surface area (Å²) < 4.78 is 0. The van der Waals surface area contributed by atoms with E-state index in [4.69, 9.17) is 11.6 Å². The minimum Gasteiger partial charge on any atom is -0.382 e. The quantitative estimate of drug-likeness (QED) is 0.847. The highest BCUT2D eigenvalue weighted by Gasteiger charge is 2.19. The number of nitrogens with one attached hydrogen (secondary N) is 2. The number of ketones is 1. The molecule has 0 amide bonds. The van der Waals surface area contributed by atoms with Gasteiger partial charge in [-0.2, -0.15) is 0 Å². The molecule has 2 aromatic rings. The number of pyridine rings is 1. The Morgan fingerprint density at radius 1 is 1.40 bits per heavy atom. The molecule has 2 rings (SSSR count). The average Bonchev–Trinajstić information content (AvgIpc) is 2.39. The van der Waals surface area contributed by atoms with Gasteiger partial charge in [-0.25, -0.2) is 0 Å². The monoisotopic (exact) mass is 292 g/mol. The molecular weight excluding hydrogens is 276 g/mol. The van der Waals surface area contributed by atoms with Crippen molar-refractivity contribution in [3.05, 3.63) is 39.1 Å². The molecule has 1 aromatic heterocycles. The van der Waals surface area contributed by atoms with Crippen molar-refractivity contribution in [1.82, 2.24) is 4.98 Å². The number of hydrogen-bond acceptors (Lipinski definition) is 3. The summed E-state index contributed by atoms with van der Waals surface area (Å²) >= 11 is 6.12. The van der Waals surface area contributed by atoms with Crippen molar-refractivity contribution in [1.29, 1.82) is 0 Å². The zero-order chi connectivity index (χ0) is 14.9. The van der Waals surface area contributed by atoms with Gasteiger partial charge in [0.05, 0.1) is 16.2 Å². The maximum Gasteiger partial charge on any atom is 0.261 e. The van der Waals surface area contributed by atoms with Crippen LogP contribution in [0.2, 0.25) is 5.02 Å². The summed E-state index contributed by atoms with van der Waals surface area (Å²) in [5, 5.41) is 4.41. The van der Waals surface area contributed by atoms with Crippen LogP contribution in [-0.4, -0.2) is 16.8 Å². The first-order valence-corrected chi connectivity index (χ1v) is 6.97. The third kappa shape index (κ3) is 2.56. The molecule has 0 unspecified atom stereocenters. The van der Waals surface area contributed by atoms with Gasteiger partial charge in [-0.3, -0.25) is 9.59 Å². The van der Waals surface area contributed by atoms with E-state index in [0.717, 1.165) is 5.39 Å². The predicted molar refractivity (Wildman–Crippen MR) is 83.0 cm³/mol. The van der Waals surface area contributed by atoms with Crippen LogP contribution in [0.15, 0.2) is 23.0 Å². The Bertz CT molecular complexity index is 720. The number of H-pyrrole nitrogens is 1. The molecular formula is C15H17ClN2O2. The van der Waals surface area contributed by atoms with Crippen LogP contribution in [0.3, 0.4) is 0 Å². The number of anilines is 1. The highest BCUT2D eigenvalue weighted by atomic mass is 35.5. The topological polar surface area (TPSA) is 62.0 Å². The number of carbonyl (C=O) groups is 1. The van der Waals surface area contributed by atoms with Gasteiger partial charge in [0.15, 0.2) is 5.78 Å². The first-order chi connectivity index (χ1) is 9.45. The Kier molecular flexibility index (Phi) is 4.14. The highest BCUT2D eigenvalue weighted by molar-refractivity contribution is 6.35. The Morgan fingerprint density at radius 2 is 2.10 bits per heavy atom. The van der Waals surface area contributed by atoms with Crippen LogP contribution < -0.4 is 10.9 Å². The van der Waals surface area contributed by atoms with Gasteiger partial charge in [-0.15, -0.1) is 0 Å². The molecule has 5 heteroatoms. The minimum absolute atomic E-state index is 0.0994. The molecule has 1 heterocycles. The molecule has 0 aliphatic rings. The van der Waals surface area contributed by atoms with Crippen LogP contribution in [0.5, 0.6) is 0 Å². The Labute approximate surface area is 122 Å². The number of halogens is 1. The van der Waals surface area contributed by atoms with Crippen LogP contribution in [0, 0.1) is 0 Å². The third-order valence-electron chi connectivity index (χ3n) is 3.03. The third-order valence-corrected chi connectivity index (χ3v) is 3.35. The molecule has 0 aliphatic carbocycles. The van der Waals surface area contributed by atoms with E-state index in [9.17, 15) is 9.59 Å². The Hall–Kier alpha value is -1.81. The van der Waals surface area contributed by atoms with Crippen LogP contribution >= 0.6 is 11.6 Å². The molecule has 0 saturated heterocycles. The fourth-order valence-electron chi connectivity index (χ4n) is 2.17. The van der Waals surface area contributed by atoms with Crippen molar-refractivity contribution in [3.8, 4) is 0 Å². The minimum atomic E-state index is -0.402. The van der Waals surface area contributed by atoms with Gasteiger partial charge in [-0.1, -0.05) is 30.7 Å². The maximum atomic E-state index is 12.2. The molecule has 106 valence electrons. The van der Waals surface area contributed by atoms with Gasteiger partial charge in [0, 0.05) is 17.8 Å². The van der Waals surface area contributed by atoms with E-state index in [1.165, 1.54) is 0 Å². The van der Waals surface area contributed by atoms with E-state index in [1.54, 1.807) is 19.1 Å². The van der Waals surface area contributed by atoms with Crippen LogP contribution in [0.1, 0.15) is 37.6 Å². The summed E-state index contributed by atoms with van der Waals surface area (Å²) in [6.45, 7) is 5.65. The number of aromatic amines is 1. The standard InChI is InChI=1S/C15H17ClN2O2/c1-4-11(19)12-14(17-8(2)3)9-6-5-7-10(16)13(9)18-15(12)20/h5-8H,4H2,1-3H3,(H2,17,18,20). The number of fused-ring (bicyclic) bond motifs is 1. The number of aromatic nitrogens is 1. The molecule has 0 radical (unpaired) electrons. The molecule has 0 bridgehead atoms. The molecule has 20 heavy (non-hydrogen) atoms. The fourth-order valence-corrected chi connectivity index (χ4v) is 2.39. The van der Waals surface area contributed by atoms with Gasteiger partial charge >= 0.3 is 0 Å². The smallest absolute Gasteiger partial charge is 0.261 e. The summed E-state index contributed by atoms with van der Waals surface area (Å²) in [5.74, 6) is -0.184. The van der Waals surface area contributed by atoms with Gasteiger partial charge < -0.3 is 10.3 Å². The normalized spacial score (nSPS) is 11.1. The van der Waals surface area contributed by atoms with Crippen LogP contribution in [0.4, 0.5) is 5.69 Å². The van der Waals surface area contributed by atoms with E-state index in [0.29, 0.717) is 16.2 Å². The Balaban J connectivity index is 2.87. The van der Waals surface area contributed by atoms with Crippen molar-refractivity contribution < 1.29 is 4.79 Å². The van der Waals surface area contributed by atoms with E-state index in [2.05, 4.69) is 10.3 Å². The van der Waals surface area contributed by atoms with E-state index in [1.807, 2.05) is 19.9 Å². The van der Waals surface area contributed by atoms with Gasteiger partial charge in [-0.05, 0) is 19.9 Å². The number of Topliss-reactive ketones (excluding diaryl/α,β-unsaturated/α-hetero) is 1. The van der Waals surface area contributed by atoms with Crippen molar-refractivity contribution in [2.45, 2.75) is 33.2 Å². The summed E-state index contributed by atoms with van der Waals surface area (Å²) in [6.07, 6.45) is 0.280.